The highest BCUT2D eigenvalue weighted by Crippen LogP contribution is 2.16. The zero-order chi connectivity index (χ0) is 21.7. The highest BCUT2D eigenvalue weighted by molar-refractivity contribution is 5.94. The number of carbonyl (C=O) groups excluding carboxylic acids is 2. The number of hydrogen-bond donors (Lipinski definition) is 1. The molecule has 0 aliphatic carbocycles. The minimum Gasteiger partial charge on any atom is -0.497 e. The molecule has 8 heteroatoms. The van der Waals surface area contributed by atoms with Crippen LogP contribution in [-0.4, -0.2) is 47.0 Å². The third-order valence-corrected chi connectivity index (χ3v) is 4.80. The Balaban J connectivity index is 1.59. The summed E-state index contributed by atoms with van der Waals surface area (Å²) < 4.78 is 6.59. The van der Waals surface area contributed by atoms with Gasteiger partial charge in [-0.15, -0.1) is 0 Å². The molecule has 3 rings (SSSR count). The molecule has 1 N–H and O–H groups in total. The lowest BCUT2D eigenvalue weighted by molar-refractivity contribution is -0.133. The van der Waals surface area contributed by atoms with Crippen molar-refractivity contribution >= 4 is 28.4 Å². The predicted octanol–water partition coefficient (Wildman–Crippen LogP) is 1.97. The Labute approximate surface area is 174 Å². The molecule has 30 heavy (non-hydrogen) atoms. The molecule has 2 aromatic carbocycles. The van der Waals surface area contributed by atoms with Crippen molar-refractivity contribution in [2.24, 2.45) is 7.05 Å². The van der Waals surface area contributed by atoms with E-state index in [2.05, 4.69) is 10.3 Å². The van der Waals surface area contributed by atoms with E-state index >= 15 is 0 Å². The molecule has 0 fully saturated rings. The lowest BCUT2D eigenvalue weighted by atomic mass is 10.2. The quantitative estimate of drug-likeness (QED) is 0.645. The first-order valence-corrected chi connectivity index (χ1v) is 9.51. The lowest BCUT2D eigenvalue weighted by Crippen LogP contribution is -2.35. The first kappa shape index (κ1) is 21.0. The van der Waals surface area contributed by atoms with E-state index in [0.29, 0.717) is 34.6 Å². The van der Waals surface area contributed by atoms with Crippen LogP contribution in [0.1, 0.15) is 12.2 Å². The molecule has 0 unspecified atom stereocenters. The molecule has 0 spiro atoms. The van der Waals surface area contributed by atoms with Crippen LogP contribution in [0.2, 0.25) is 0 Å². The van der Waals surface area contributed by atoms with E-state index < -0.39 is 0 Å². The number of benzene rings is 2. The summed E-state index contributed by atoms with van der Waals surface area (Å²) in [5.41, 5.74) is 1.05. The number of para-hydroxylation sites is 1. The second kappa shape index (κ2) is 9.21. The molecular formula is C22H24N4O4. The smallest absolute Gasteiger partial charge is 0.261 e. The van der Waals surface area contributed by atoms with E-state index in [-0.39, 0.29) is 30.3 Å². The average Bonchev–Trinajstić information content (AvgIpc) is 2.75. The molecule has 0 saturated heterocycles. The molecule has 0 saturated carbocycles. The van der Waals surface area contributed by atoms with Gasteiger partial charge in [0.15, 0.2) is 0 Å². The maximum atomic E-state index is 12.5. The van der Waals surface area contributed by atoms with Gasteiger partial charge in [-0.25, -0.2) is 4.98 Å². The number of aromatic nitrogens is 2. The number of fused-ring (bicyclic) bond motifs is 1. The van der Waals surface area contributed by atoms with Crippen LogP contribution in [0.5, 0.6) is 5.75 Å². The molecule has 0 atom stereocenters. The van der Waals surface area contributed by atoms with Gasteiger partial charge in [-0.3, -0.25) is 19.0 Å². The third kappa shape index (κ3) is 4.83. The maximum absolute atomic E-state index is 12.5. The van der Waals surface area contributed by atoms with Crippen LogP contribution in [0, 0.1) is 0 Å². The van der Waals surface area contributed by atoms with Crippen molar-refractivity contribution in [3.63, 3.8) is 0 Å². The van der Waals surface area contributed by atoms with Crippen molar-refractivity contribution in [1.82, 2.24) is 14.5 Å². The fourth-order valence-electron chi connectivity index (χ4n) is 3.10. The normalized spacial score (nSPS) is 10.6. The number of amides is 2. The fraction of sp³-hybridized carbons (Fsp3) is 0.273. The summed E-state index contributed by atoms with van der Waals surface area (Å²) in [6.45, 7) is -0.0832. The molecule has 2 amide bonds. The van der Waals surface area contributed by atoms with Gasteiger partial charge in [0, 0.05) is 38.7 Å². The van der Waals surface area contributed by atoms with Gasteiger partial charge in [0.25, 0.3) is 5.56 Å². The van der Waals surface area contributed by atoms with Crippen molar-refractivity contribution in [3.8, 4) is 5.75 Å². The van der Waals surface area contributed by atoms with Gasteiger partial charge in [-0.1, -0.05) is 18.2 Å². The Bertz CT molecular complexity index is 1140. The summed E-state index contributed by atoms with van der Waals surface area (Å²) in [6, 6.07) is 14.1. The second-order valence-electron chi connectivity index (χ2n) is 6.94. The number of rotatable bonds is 7. The highest BCUT2D eigenvalue weighted by atomic mass is 16.5. The Hall–Kier alpha value is -3.68. The molecule has 0 aliphatic rings. The number of methoxy groups -OCH3 is 1. The zero-order valence-electron chi connectivity index (χ0n) is 17.2. The maximum Gasteiger partial charge on any atom is 0.261 e. The Morgan fingerprint density at radius 2 is 1.93 bits per heavy atom. The van der Waals surface area contributed by atoms with Crippen LogP contribution >= 0.6 is 0 Å². The molecule has 0 aliphatic heterocycles. The molecule has 1 heterocycles. The van der Waals surface area contributed by atoms with Gasteiger partial charge >= 0.3 is 0 Å². The van der Waals surface area contributed by atoms with Gasteiger partial charge < -0.3 is 15.0 Å². The predicted molar refractivity (Wildman–Crippen MR) is 115 cm³/mol. The van der Waals surface area contributed by atoms with E-state index in [1.54, 1.807) is 63.7 Å². The summed E-state index contributed by atoms with van der Waals surface area (Å²) in [6.07, 6.45) is 0.443. The number of aryl methyl sites for hydroxylation is 1. The standard InChI is InChI=1S/C22H24N4O4/c1-25(14-20(27)23-15-7-6-8-16(13-15)30-3)21(28)12-11-19-24-18-10-5-4-9-17(18)22(29)26(19)2/h4-10,13H,11-12,14H2,1-3H3,(H,23,27). The van der Waals surface area contributed by atoms with Crippen LogP contribution in [0.3, 0.4) is 0 Å². The van der Waals surface area contributed by atoms with Gasteiger partial charge in [0.2, 0.25) is 11.8 Å². The number of nitrogens with one attached hydrogen (secondary N) is 1. The number of anilines is 1. The van der Waals surface area contributed by atoms with Crippen molar-refractivity contribution < 1.29 is 14.3 Å². The highest BCUT2D eigenvalue weighted by Gasteiger charge is 2.15. The van der Waals surface area contributed by atoms with E-state index in [4.69, 9.17) is 4.74 Å². The fourth-order valence-corrected chi connectivity index (χ4v) is 3.10. The van der Waals surface area contributed by atoms with E-state index in [1.165, 1.54) is 9.47 Å². The third-order valence-electron chi connectivity index (χ3n) is 4.80. The summed E-state index contributed by atoms with van der Waals surface area (Å²) in [5.74, 6) is 0.639. The first-order chi connectivity index (χ1) is 14.4. The van der Waals surface area contributed by atoms with Crippen LogP contribution in [0.4, 0.5) is 5.69 Å². The van der Waals surface area contributed by atoms with Crippen LogP contribution in [0.25, 0.3) is 10.9 Å². The topological polar surface area (TPSA) is 93.5 Å². The van der Waals surface area contributed by atoms with Gasteiger partial charge in [-0.2, -0.15) is 0 Å². The Morgan fingerprint density at radius 1 is 1.17 bits per heavy atom. The van der Waals surface area contributed by atoms with Gasteiger partial charge in [-0.05, 0) is 24.3 Å². The molecule has 1 aromatic heterocycles. The van der Waals surface area contributed by atoms with Crippen molar-refractivity contribution in [3.05, 3.63) is 64.7 Å². The van der Waals surface area contributed by atoms with Crippen LogP contribution in [0.15, 0.2) is 53.3 Å². The van der Waals surface area contributed by atoms with Gasteiger partial charge in [0.05, 0.1) is 24.6 Å². The lowest BCUT2D eigenvalue weighted by Gasteiger charge is -2.17. The summed E-state index contributed by atoms with van der Waals surface area (Å²) in [5, 5.41) is 3.29. The number of carbonyl (C=O) groups is 2. The Morgan fingerprint density at radius 3 is 2.70 bits per heavy atom. The molecule has 8 nitrogen and oxygen atoms in total. The van der Waals surface area contributed by atoms with E-state index in [0.717, 1.165) is 0 Å². The number of ether oxygens (including phenoxy) is 1. The van der Waals surface area contributed by atoms with Crippen molar-refractivity contribution in [2.45, 2.75) is 12.8 Å². The number of hydrogen-bond acceptors (Lipinski definition) is 5. The second-order valence-corrected chi connectivity index (χ2v) is 6.94. The first-order valence-electron chi connectivity index (χ1n) is 9.51. The van der Waals surface area contributed by atoms with E-state index in [1.807, 2.05) is 6.07 Å². The van der Waals surface area contributed by atoms with Gasteiger partial charge in [0.1, 0.15) is 11.6 Å². The number of nitrogens with zero attached hydrogens (tertiary/aromatic N) is 3. The molecular weight excluding hydrogens is 384 g/mol. The van der Waals surface area contributed by atoms with E-state index in [9.17, 15) is 14.4 Å². The summed E-state index contributed by atoms with van der Waals surface area (Å²) >= 11 is 0. The van der Waals surface area contributed by atoms with Crippen LogP contribution < -0.4 is 15.6 Å². The average molecular weight is 408 g/mol. The monoisotopic (exact) mass is 408 g/mol. The van der Waals surface area contributed by atoms with Crippen molar-refractivity contribution in [2.75, 3.05) is 26.0 Å². The Kier molecular flexibility index (Phi) is 6.46. The molecule has 0 radical (unpaired) electrons. The zero-order valence-corrected chi connectivity index (χ0v) is 17.2. The molecule has 156 valence electrons. The minimum absolute atomic E-state index is 0.0832. The molecule has 0 bridgehead atoms. The van der Waals surface area contributed by atoms with Crippen molar-refractivity contribution in [1.29, 1.82) is 0 Å². The SMILES string of the molecule is COc1cccc(NC(=O)CN(C)C(=O)CCc2nc3ccccc3c(=O)n2C)c1. The number of likely N-dealkylation sites (N-methyl/N-ethyl adjacent to an activating group) is 1. The van der Waals surface area contributed by atoms with Crippen LogP contribution in [-0.2, 0) is 23.1 Å². The summed E-state index contributed by atoms with van der Waals surface area (Å²) in [4.78, 5) is 43.0. The largest absolute Gasteiger partial charge is 0.497 e. The minimum atomic E-state index is -0.310. The summed E-state index contributed by atoms with van der Waals surface area (Å²) in [7, 11) is 4.76. The molecule has 3 aromatic rings.